The maximum absolute atomic E-state index is 12.6. The highest BCUT2D eigenvalue weighted by Gasteiger charge is 2.30. The van der Waals surface area contributed by atoms with Crippen LogP contribution in [0.25, 0.3) is 11.3 Å². The van der Waals surface area contributed by atoms with Crippen LogP contribution in [0.5, 0.6) is 5.75 Å². The van der Waals surface area contributed by atoms with Gasteiger partial charge in [0.25, 0.3) is 5.91 Å². The Hall–Kier alpha value is -2.27. The molecule has 24 heavy (non-hydrogen) atoms. The molecule has 0 bridgehead atoms. The molecule has 5 heteroatoms. The topological polar surface area (TPSA) is 61.4 Å². The lowest BCUT2D eigenvalue weighted by molar-refractivity contribution is -0.110. The minimum absolute atomic E-state index is 0.117. The van der Waals surface area contributed by atoms with Crippen molar-refractivity contribution >= 4 is 38.8 Å². The number of nitrogens with one attached hydrogen (secondary N) is 2. The fourth-order valence-corrected chi connectivity index (χ4v) is 3.47. The number of carbonyl (C=O) groups excluding carboxylic acids is 1. The lowest BCUT2D eigenvalue weighted by Crippen LogP contribution is -2.34. The summed E-state index contributed by atoms with van der Waals surface area (Å²) in [6.07, 6.45) is 3.40. The Balaban J connectivity index is 1.90. The largest absolute Gasteiger partial charge is 0.508 e. The van der Waals surface area contributed by atoms with E-state index < -0.39 is 0 Å². The highest BCUT2D eigenvalue weighted by molar-refractivity contribution is 9.10. The van der Waals surface area contributed by atoms with Gasteiger partial charge in [-0.2, -0.15) is 0 Å². The smallest absolute Gasteiger partial charge is 0.258 e. The molecule has 1 aliphatic carbocycles. The second kappa shape index (κ2) is 5.98. The number of aromatic hydroxyl groups is 1. The van der Waals surface area contributed by atoms with E-state index in [0.717, 1.165) is 39.8 Å². The number of carbonyl (C=O) groups is 1. The van der Waals surface area contributed by atoms with Gasteiger partial charge < -0.3 is 15.7 Å². The van der Waals surface area contributed by atoms with Crippen LogP contribution in [0, 0.1) is 0 Å². The highest BCUT2D eigenvalue weighted by Crippen LogP contribution is 2.39. The average molecular weight is 385 g/mol. The zero-order valence-corrected chi connectivity index (χ0v) is 14.6. The predicted molar refractivity (Wildman–Crippen MR) is 98.5 cm³/mol. The fourth-order valence-electron chi connectivity index (χ4n) is 3.11. The molecule has 0 radical (unpaired) electrons. The van der Waals surface area contributed by atoms with Crippen molar-refractivity contribution < 1.29 is 9.90 Å². The molecule has 2 aromatic carbocycles. The first-order chi connectivity index (χ1) is 11.6. The van der Waals surface area contributed by atoms with Gasteiger partial charge in [-0.25, -0.2) is 0 Å². The summed E-state index contributed by atoms with van der Waals surface area (Å²) in [5.41, 5.74) is 3.92. The number of rotatable bonds is 3. The van der Waals surface area contributed by atoms with Crippen molar-refractivity contribution in [2.75, 3.05) is 5.32 Å². The van der Waals surface area contributed by atoms with Gasteiger partial charge in [0.2, 0.25) is 0 Å². The third-order valence-electron chi connectivity index (χ3n) is 4.56. The van der Waals surface area contributed by atoms with Gasteiger partial charge in [0.1, 0.15) is 5.75 Å². The molecule has 1 fully saturated rings. The molecule has 122 valence electrons. The van der Waals surface area contributed by atoms with Crippen LogP contribution in [0.15, 0.2) is 46.9 Å². The van der Waals surface area contributed by atoms with E-state index in [2.05, 4.69) is 26.6 Å². The first-order valence-corrected chi connectivity index (χ1v) is 8.82. The van der Waals surface area contributed by atoms with Crippen molar-refractivity contribution in [3.8, 4) is 5.75 Å². The molecular weight excluding hydrogens is 368 g/mol. The Bertz CT molecular complexity index is 856. The van der Waals surface area contributed by atoms with E-state index in [1.54, 1.807) is 18.2 Å². The van der Waals surface area contributed by atoms with E-state index in [-0.39, 0.29) is 11.7 Å². The Kier molecular flexibility index (Phi) is 3.81. The second-order valence-corrected chi connectivity index (χ2v) is 7.13. The summed E-state index contributed by atoms with van der Waals surface area (Å²) in [6, 6.07) is 13.2. The Morgan fingerprint density at radius 3 is 2.75 bits per heavy atom. The zero-order chi connectivity index (χ0) is 16.7. The monoisotopic (exact) mass is 384 g/mol. The Morgan fingerprint density at radius 1 is 1.21 bits per heavy atom. The maximum atomic E-state index is 12.6. The molecule has 1 aliphatic heterocycles. The van der Waals surface area contributed by atoms with Gasteiger partial charge in [0, 0.05) is 27.3 Å². The van der Waals surface area contributed by atoms with Crippen LogP contribution in [0.3, 0.4) is 0 Å². The first kappa shape index (κ1) is 15.3. The minimum Gasteiger partial charge on any atom is -0.508 e. The SMILES string of the molecule is O=C1Nc2ccc(Br)cc2/C1=C(/NC1CCC1)c1cccc(O)c1. The summed E-state index contributed by atoms with van der Waals surface area (Å²) >= 11 is 3.48. The third-order valence-corrected chi connectivity index (χ3v) is 5.06. The number of hydrogen-bond acceptors (Lipinski definition) is 3. The number of hydrogen-bond donors (Lipinski definition) is 3. The molecule has 3 N–H and O–H groups in total. The van der Waals surface area contributed by atoms with Crippen LogP contribution in [0.2, 0.25) is 0 Å². The average Bonchev–Trinajstić information content (AvgIpc) is 2.82. The summed E-state index contributed by atoms with van der Waals surface area (Å²) in [4.78, 5) is 12.6. The van der Waals surface area contributed by atoms with Crippen molar-refractivity contribution in [3.05, 3.63) is 58.1 Å². The van der Waals surface area contributed by atoms with E-state index in [4.69, 9.17) is 0 Å². The van der Waals surface area contributed by atoms with Crippen LogP contribution in [0.4, 0.5) is 5.69 Å². The van der Waals surface area contributed by atoms with Crippen molar-refractivity contribution in [3.63, 3.8) is 0 Å². The molecule has 1 saturated carbocycles. The highest BCUT2D eigenvalue weighted by atomic mass is 79.9. The van der Waals surface area contributed by atoms with Crippen molar-refractivity contribution in [1.82, 2.24) is 5.32 Å². The van der Waals surface area contributed by atoms with Crippen LogP contribution in [0.1, 0.15) is 30.4 Å². The van der Waals surface area contributed by atoms with Gasteiger partial charge in [-0.1, -0.05) is 28.1 Å². The summed E-state index contributed by atoms with van der Waals surface area (Å²) in [6.45, 7) is 0. The number of phenolic OH excluding ortho intramolecular Hbond substituents is 1. The molecular formula is C19H17BrN2O2. The van der Waals surface area contributed by atoms with E-state index in [0.29, 0.717) is 11.6 Å². The lowest BCUT2D eigenvalue weighted by atomic mass is 9.91. The molecule has 1 amide bonds. The molecule has 4 rings (SSSR count). The molecule has 2 aliphatic rings. The molecule has 0 saturated heterocycles. The number of halogens is 1. The van der Waals surface area contributed by atoms with Gasteiger partial charge in [-0.15, -0.1) is 0 Å². The summed E-state index contributed by atoms with van der Waals surface area (Å²) in [7, 11) is 0. The Labute approximate surface area is 148 Å². The summed E-state index contributed by atoms with van der Waals surface area (Å²) < 4.78 is 0.925. The van der Waals surface area contributed by atoms with Crippen LogP contribution in [-0.4, -0.2) is 17.1 Å². The quantitative estimate of drug-likeness (QED) is 0.697. The number of anilines is 1. The summed E-state index contributed by atoms with van der Waals surface area (Å²) in [5, 5.41) is 16.3. The van der Waals surface area contributed by atoms with Gasteiger partial charge in [0.05, 0.1) is 11.3 Å². The molecule has 0 unspecified atom stereocenters. The zero-order valence-electron chi connectivity index (χ0n) is 13.0. The van der Waals surface area contributed by atoms with E-state index in [9.17, 15) is 9.90 Å². The molecule has 1 heterocycles. The van der Waals surface area contributed by atoms with Crippen molar-refractivity contribution in [2.45, 2.75) is 25.3 Å². The van der Waals surface area contributed by atoms with Crippen molar-refractivity contribution in [1.29, 1.82) is 0 Å². The van der Waals surface area contributed by atoms with Crippen LogP contribution < -0.4 is 10.6 Å². The van der Waals surface area contributed by atoms with Crippen LogP contribution >= 0.6 is 15.9 Å². The van der Waals surface area contributed by atoms with Crippen molar-refractivity contribution in [2.24, 2.45) is 0 Å². The standard InChI is InChI=1S/C19H17BrN2O2/c20-12-7-8-16-15(10-12)17(19(24)22-16)18(21-13-4-2-5-13)11-3-1-6-14(23)9-11/h1,3,6-10,13,21,23H,2,4-5H2,(H,22,24)/b18-17-. The maximum Gasteiger partial charge on any atom is 0.258 e. The molecule has 0 aromatic heterocycles. The fraction of sp³-hybridized carbons (Fsp3) is 0.211. The first-order valence-electron chi connectivity index (χ1n) is 8.03. The predicted octanol–water partition coefficient (Wildman–Crippen LogP) is 4.12. The van der Waals surface area contributed by atoms with Gasteiger partial charge in [0.15, 0.2) is 0 Å². The minimum atomic E-state index is -0.117. The lowest BCUT2D eigenvalue weighted by Gasteiger charge is -2.29. The summed E-state index contributed by atoms with van der Waals surface area (Å²) in [5.74, 6) is 0.0714. The molecule has 0 atom stereocenters. The van der Waals surface area contributed by atoms with E-state index in [1.807, 2.05) is 24.3 Å². The molecule has 2 aromatic rings. The Morgan fingerprint density at radius 2 is 2.04 bits per heavy atom. The van der Waals surface area contributed by atoms with Gasteiger partial charge in [-0.3, -0.25) is 4.79 Å². The van der Waals surface area contributed by atoms with Crippen LogP contribution in [-0.2, 0) is 4.79 Å². The number of amides is 1. The normalized spacial score (nSPS) is 18.6. The van der Waals surface area contributed by atoms with E-state index >= 15 is 0 Å². The second-order valence-electron chi connectivity index (χ2n) is 6.22. The number of fused-ring (bicyclic) bond motifs is 1. The third kappa shape index (κ3) is 2.69. The molecule has 0 spiro atoms. The van der Waals surface area contributed by atoms with E-state index in [1.165, 1.54) is 6.42 Å². The van der Waals surface area contributed by atoms with Gasteiger partial charge in [-0.05, 0) is 49.6 Å². The number of benzene rings is 2. The molecule has 4 nitrogen and oxygen atoms in total. The van der Waals surface area contributed by atoms with Gasteiger partial charge >= 0.3 is 0 Å². The number of phenols is 1.